The molecule has 0 aromatic rings. The molecule has 0 aromatic carbocycles. The summed E-state index contributed by atoms with van der Waals surface area (Å²) < 4.78 is 0. The third-order valence-corrected chi connectivity index (χ3v) is 2.74. The van der Waals surface area contributed by atoms with Gasteiger partial charge in [0.25, 0.3) is 0 Å². The van der Waals surface area contributed by atoms with Crippen LogP contribution in [0.5, 0.6) is 0 Å². The van der Waals surface area contributed by atoms with Gasteiger partial charge in [-0.05, 0) is 39.5 Å². The zero-order valence-electron chi connectivity index (χ0n) is 10.8. The number of primary amides is 1. The Morgan fingerprint density at radius 1 is 1.27 bits per heavy atom. The number of hydrogen-bond acceptors (Lipinski definition) is 2. The van der Waals surface area contributed by atoms with Crippen LogP contribution in [0.1, 0.15) is 47.5 Å². The highest BCUT2D eigenvalue weighted by Crippen LogP contribution is 2.13. The maximum Gasteiger partial charge on any atom is 0.224 e. The van der Waals surface area contributed by atoms with Crippen LogP contribution in [0.2, 0.25) is 0 Å². The molecule has 0 fully saturated rings. The second-order valence-corrected chi connectivity index (χ2v) is 5.50. The van der Waals surface area contributed by atoms with Crippen LogP contribution in [0.4, 0.5) is 0 Å². The molecule has 0 saturated heterocycles. The SMILES string of the molecule is CC(C)CCC(C)NCC(C)(C)C(N)=O. The molecule has 15 heavy (non-hydrogen) atoms. The summed E-state index contributed by atoms with van der Waals surface area (Å²) >= 11 is 0. The number of nitrogens with one attached hydrogen (secondary N) is 1. The highest BCUT2D eigenvalue weighted by molar-refractivity contribution is 5.80. The maximum absolute atomic E-state index is 11.1. The molecule has 90 valence electrons. The number of nitrogens with two attached hydrogens (primary N) is 1. The summed E-state index contributed by atoms with van der Waals surface area (Å²) in [6.45, 7) is 11.0. The smallest absolute Gasteiger partial charge is 0.224 e. The van der Waals surface area contributed by atoms with Crippen molar-refractivity contribution in [3.8, 4) is 0 Å². The van der Waals surface area contributed by atoms with Crippen molar-refractivity contribution in [2.24, 2.45) is 17.1 Å². The van der Waals surface area contributed by atoms with Gasteiger partial charge >= 0.3 is 0 Å². The third kappa shape index (κ3) is 6.50. The summed E-state index contributed by atoms with van der Waals surface area (Å²) in [6.07, 6.45) is 2.36. The van der Waals surface area contributed by atoms with Gasteiger partial charge in [-0.3, -0.25) is 4.79 Å². The lowest BCUT2D eigenvalue weighted by molar-refractivity contribution is -0.125. The maximum atomic E-state index is 11.1. The average molecular weight is 214 g/mol. The lowest BCUT2D eigenvalue weighted by Crippen LogP contribution is -2.43. The first kappa shape index (κ1) is 14.4. The van der Waals surface area contributed by atoms with E-state index in [1.54, 1.807) is 0 Å². The second-order valence-electron chi connectivity index (χ2n) is 5.50. The minimum atomic E-state index is -0.452. The zero-order valence-corrected chi connectivity index (χ0v) is 10.8. The van der Waals surface area contributed by atoms with Crippen molar-refractivity contribution in [1.29, 1.82) is 0 Å². The van der Waals surface area contributed by atoms with E-state index in [-0.39, 0.29) is 5.91 Å². The first-order valence-corrected chi connectivity index (χ1v) is 5.79. The van der Waals surface area contributed by atoms with Crippen LogP contribution in [0.25, 0.3) is 0 Å². The summed E-state index contributed by atoms with van der Waals surface area (Å²) in [4.78, 5) is 11.1. The molecular formula is C12H26N2O. The van der Waals surface area contributed by atoms with Gasteiger partial charge < -0.3 is 11.1 Å². The number of carbonyl (C=O) groups excluding carboxylic acids is 1. The van der Waals surface area contributed by atoms with E-state index in [0.717, 1.165) is 12.3 Å². The van der Waals surface area contributed by atoms with E-state index >= 15 is 0 Å². The molecule has 0 heterocycles. The van der Waals surface area contributed by atoms with Gasteiger partial charge in [0.1, 0.15) is 0 Å². The Kier molecular flexibility index (Phi) is 5.88. The monoisotopic (exact) mass is 214 g/mol. The molecule has 0 spiro atoms. The van der Waals surface area contributed by atoms with Crippen molar-refractivity contribution in [3.05, 3.63) is 0 Å². The Morgan fingerprint density at radius 3 is 2.20 bits per heavy atom. The fourth-order valence-electron chi connectivity index (χ4n) is 1.20. The minimum Gasteiger partial charge on any atom is -0.369 e. The Bertz CT molecular complexity index is 200. The highest BCUT2D eigenvalue weighted by Gasteiger charge is 2.24. The van der Waals surface area contributed by atoms with Crippen LogP contribution in [0.3, 0.4) is 0 Å². The summed E-state index contributed by atoms with van der Waals surface area (Å²) in [5, 5.41) is 3.36. The van der Waals surface area contributed by atoms with E-state index in [1.165, 1.54) is 6.42 Å². The van der Waals surface area contributed by atoms with Gasteiger partial charge in [-0.15, -0.1) is 0 Å². The minimum absolute atomic E-state index is 0.244. The molecule has 0 saturated carbocycles. The van der Waals surface area contributed by atoms with Crippen molar-refractivity contribution in [2.75, 3.05) is 6.54 Å². The van der Waals surface area contributed by atoms with Crippen LogP contribution < -0.4 is 11.1 Å². The van der Waals surface area contributed by atoms with Gasteiger partial charge in [0.2, 0.25) is 5.91 Å². The van der Waals surface area contributed by atoms with Crippen molar-refractivity contribution in [3.63, 3.8) is 0 Å². The molecule has 3 heteroatoms. The number of carbonyl (C=O) groups is 1. The molecule has 0 rings (SSSR count). The predicted molar refractivity (Wildman–Crippen MR) is 64.5 cm³/mol. The predicted octanol–water partition coefficient (Wildman–Crippen LogP) is 1.91. The Hall–Kier alpha value is -0.570. The average Bonchev–Trinajstić information content (AvgIpc) is 2.11. The van der Waals surface area contributed by atoms with Crippen molar-refractivity contribution in [2.45, 2.75) is 53.5 Å². The second kappa shape index (κ2) is 6.11. The van der Waals surface area contributed by atoms with Crippen LogP contribution in [-0.2, 0) is 4.79 Å². The van der Waals surface area contributed by atoms with Crippen LogP contribution in [0, 0.1) is 11.3 Å². The fraction of sp³-hybridized carbons (Fsp3) is 0.917. The van der Waals surface area contributed by atoms with Gasteiger partial charge in [-0.2, -0.15) is 0 Å². The Morgan fingerprint density at radius 2 is 1.80 bits per heavy atom. The Labute approximate surface area is 93.8 Å². The standard InChI is InChI=1S/C12H26N2O/c1-9(2)6-7-10(3)14-8-12(4,5)11(13)15/h9-10,14H,6-8H2,1-5H3,(H2,13,15). The van der Waals surface area contributed by atoms with Gasteiger partial charge in [-0.1, -0.05) is 13.8 Å². The third-order valence-electron chi connectivity index (χ3n) is 2.74. The first-order chi connectivity index (χ1) is 6.75. The Balaban J connectivity index is 3.80. The van der Waals surface area contributed by atoms with Gasteiger partial charge in [-0.25, -0.2) is 0 Å². The van der Waals surface area contributed by atoms with Crippen LogP contribution in [0.15, 0.2) is 0 Å². The topological polar surface area (TPSA) is 55.1 Å². The van der Waals surface area contributed by atoms with E-state index in [9.17, 15) is 4.79 Å². The molecule has 1 unspecified atom stereocenters. The number of hydrogen-bond donors (Lipinski definition) is 2. The van der Waals surface area contributed by atoms with E-state index < -0.39 is 5.41 Å². The van der Waals surface area contributed by atoms with Gasteiger partial charge in [0.15, 0.2) is 0 Å². The normalized spacial score (nSPS) is 14.3. The van der Waals surface area contributed by atoms with Gasteiger partial charge in [0.05, 0.1) is 5.41 Å². The first-order valence-electron chi connectivity index (χ1n) is 5.79. The lowest BCUT2D eigenvalue weighted by atomic mass is 9.92. The molecule has 3 nitrogen and oxygen atoms in total. The molecular weight excluding hydrogens is 188 g/mol. The summed E-state index contributed by atoms with van der Waals surface area (Å²) in [5.74, 6) is 0.490. The van der Waals surface area contributed by atoms with E-state index in [1.807, 2.05) is 13.8 Å². The molecule has 0 aliphatic rings. The number of amides is 1. The van der Waals surface area contributed by atoms with E-state index in [0.29, 0.717) is 12.6 Å². The zero-order chi connectivity index (χ0) is 12.1. The summed E-state index contributed by atoms with van der Waals surface area (Å²) in [7, 11) is 0. The summed E-state index contributed by atoms with van der Waals surface area (Å²) in [6, 6.07) is 0.450. The van der Waals surface area contributed by atoms with E-state index in [2.05, 4.69) is 26.1 Å². The van der Waals surface area contributed by atoms with Crippen molar-refractivity contribution < 1.29 is 4.79 Å². The molecule has 0 aliphatic heterocycles. The largest absolute Gasteiger partial charge is 0.369 e. The van der Waals surface area contributed by atoms with Crippen molar-refractivity contribution >= 4 is 5.91 Å². The van der Waals surface area contributed by atoms with E-state index in [4.69, 9.17) is 5.73 Å². The molecule has 0 aliphatic carbocycles. The summed E-state index contributed by atoms with van der Waals surface area (Å²) in [5.41, 5.74) is 4.85. The lowest BCUT2D eigenvalue weighted by Gasteiger charge is -2.24. The fourth-order valence-corrected chi connectivity index (χ4v) is 1.20. The van der Waals surface area contributed by atoms with Gasteiger partial charge in [0, 0.05) is 12.6 Å². The quantitative estimate of drug-likeness (QED) is 0.680. The molecule has 1 atom stereocenters. The van der Waals surface area contributed by atoms with Crippen LogP contribution in [-0.4, -0.2) is 18.5 Å². The number of rotatable bonds is 7. The molecule has 0 bridgehead atoms. The molecule has 0 aromatic heterocycles. The van der Waals surface area contributed by atoms with Crippen LogP contribution >= 0.6 is 0 Å². The molecule has 0 radical (unpaired) electrons. The molecule has 1 amide bonds. The molecule has 3 N–H and O–H groups in total. The highest BCUT2D eigenvalue weighted by atomic mass is 16.1. The van der Waals surface area contributed by atoms with Crippen molar-refractivity contribution in [1.82, 2.24) is 5.32 Å².